The van der Waals surface area contributed by atoms with Crippen LogP contribution in [0.15, 0.2) is 16.9 Å². The van der Waals surface area contributed by atoms with Crippen LogP contribution in [0.4, 0.5) is 0 Å². The standard InChI is InChI=1S/C17H22N4O3/c1-11-8-13(20-19-11)12-4-2-6-21(9-12)17(22)15-16(24-10-18-15)14-5-3-7-23-14/h8,10,12,14H,2-7,9H2,1H3,(H,19,20). The molecule has 2 fully saturated rings. The van der Waals surface area contributed by atoms with Crippen molar-refractivity contribution in [1.82, 2.24) is 20.1 Å². The van der Waals surface area contributed by atoms with Crippen LogP contribution in [-0.4, -0.2) is 45.7 Å². The van der Waals surface area contributed by atoms with E-state index in [1.165, 1.54) is 6.39 Å². The van der Waals surface area contributed by atoms with E-state index in [0.717, 1.165) is 43.6 Å². The molecule has 1 N–H and O–H groups in total. The van der Waals surface area contributed by atoms with Gasteiger partial charge in [0, 0.05) is 31.3 Å². The fraction of sp³-hybridized carbons (Fsp3) is 0.588. The van der Waals surface area contributed by atoms with Crippen LogP contribution in [0.3, 0.4) is 0 Å². The van der Waals surface area contributed by atoms with Crippen molar-refractivity contribution < 1.29 is 13.9 Å². The van der Waals surface area contributed by atoms with Gasteiger partial charge < -0.3 is 14.1 Å². The molecule has 2 aliphatic rings. The Bertz CT molecular complexity index is 717. The molecule has 2 aliphatic heterocycles. The van der Waals surface area contributed by atoms with Gasteiger partial charge in [0.15, 0.2) is 17.8 Å². The van der Waals surface area contributed by atoms with Crippen LogP contribution in [-0.2, 0) is 4.74 Å². The second kappa shape index (κ2) is 6.39. The summed E-state index contributed by atoms with van der Waals surface area (Å²) < 4.78 is 11.1. The summed E-state index contributed by atoms with van der Waals surface area (Å²) in [5, 5.41) is 7.35. The number of hydrogen-bond donors (Lipinski definition) is 1. The average Bonchev–Trinajstić information content (AvgIpc) is 3.34. The number of amides is 1. The zero-order valence-corrected chi connectivity index (χ0v) is 13.8. The van der Waals surface area contributed by atoms with Crippen molar-refractivity contribution in [3.8, 4) is 0 Å². The van der Waals surface area contributed by atoms with Crippen LogP contribution in [0.5, 0.6) is 0 Å². The molecule has 0 saturated carbocycles. The number of carbonyl (C=O) groups is 1. The predicted octanol–water partition coefficient (Wildman–Crippen LogP) is 2.58. The third-order valence-corrected chi connectivity index (χ3v) is 4.87. The van der Waals surface area contributed by atoms with E-state index in [9.17, 15) is 4.79 Å². The zero-order valence-electron chi connectivity index (χ0n) is 13.8. The molecule has 0 aliphatic carbocycles. The number of piperidine rings is 1. The summed E-state index contributed by atoms with van der Waals surface area (Å²) in [4.78, 5) is 19.0. The summed E-state index contributed by atoms with van der Waals surface area (Å²) in [5.74, 6) is 0.784. The van der Waals surface area contributed by atoms with Gasteiger partial charge in [-0.3, -0.25) is 9.89 Å². The lowest BCUT2D eigenvalue weighted by atomic mass is 9.94. The number of nitrogens with one attached hydrogen (secondary N) is 1. The summed E-state index contributed by atoms with van der Waals surface area (Å²) in [5.41, 5.74) is 2.48. The van der Waals surface area contributed by atoms with Gasteiger partial charge in [0.1, 0.15) is 6.10 Å². The summed E-state index contributed by atoms with van der Waals surface area (Å²) in [7, 11) is 0. The van der Waals surface area contributed by atoms with Gasteiger partial charge in [0.05, 0.1) is 5.69 Å². The molecule has 0 aromatic carbocycles. The maximum Gasteiger partial charge on any atom is 0.276 e. The van der Waals surface area contributed by atoms with Crippen LogP contribution in [0.25, 0.3) is 0 Å². The van der Waals surface area contributed by atoms with Crippen molar-refractivity contribution in [3.63, 3.8) is 0 Å². The minimum Gasteiger partial charge on any atom is -0.445 e. The molecule has 0 radical (unpaired) electrons. The van der Waals surface area contributed by atoms with E-state index in [2.05, 4.69) is 21.2 Å². The summed E-state index contributed by atoms with van der Waals surface area (Å²) in [6.07, 6.45) is 5.10. The Morgan fingerprint density at radius 1 is 1.38 bits per heavy atom. The molecule has 7 heteroatoms. The number of hydrogen-bond acceptors (Lipinski definition) is 5. The molecule has 2 aromatic rings. The summed E-state index contributed by atoms with van der Waals surface area (Å²) in [6, 6.07) is 2.06. The van der Waals surface area contributed by atoms with Crippen LogP contribution in [0.1, 0.15) is 65.3 Å². The first kappa shape index (κ1) is 15.4. The lowest BCUT2D eigenvalue weighted by Gasteiger charge is -2.31. The van der Waals surface area contributed by atoms with E-state index < -0.39 is 0 Å². The van der Waals surface area contributed by atoms with E-state index in [-0.39, 0.29) is 17.9 Å². The highest BCUT2D eigenvalue weighted by Crippen LogP contribution is 2.32. The number of rotatable bonds is 3. The Hall–Kier alpha value is -2.15. The smallest absolute Gasteiger partial charge is 0.276 e. The third-order valence-electron chi connectivity index (χ3n) is 4.87. The second-order valence-corrected chi connectivity index (χ2v) is 6.63. The van der Waals surface area contributed by atoms with Crippen molar-refractivity contribution in [2.24, 2.45) is 0 Å². The van der Waals surface area contributed by atoms with Gasteiger partial charge in [-0.05, 0) is 38.7 Å². The number of aryl methyl sites for hydroxylation is 1. The first-order valence-electron chi connectivity index (χ1n) is 8.58. The first-order valence-corrected chi connectivity index (χ1v) is 8.58. The molecule has 0 spiro atoms. The Labute approximate surface area is 140 Å². The number of nitrogens with zero attached hydrogens (tertiary/aromatic N) is 3. The second-order valence-electron chi connectivity index (χ2n) is 6.63. The first-order chi connectivity index (χ1) is 11.7. The topological polar surface area (TPSA) is 84.2 Å². The Morgan fingerprint density at radius 2 is 2.29 bits per heavy atom. The molecule has 2 unspecified atom stereocenters. The normalized spacial score (nSPS) is 24.5. The van der Waals surface area contributed by atoms with Gasteiger partial charge in [0.25, 0.3) is 5.91 Å². The zero-order chi connectivity index (χ0) is 16.5. The number of H-pyrrole nitrogens is 1. The molecule has 128 valence electrons. The monoisotopic (exact) mass is 330 g/mol. The largest absolute Gasteiger partial charge is 0.445 e. The van der Waals surface area contributed by atoms with Crippen molar-refractivity contribution in [1.29, 1.82) is 0 Å². The molecular formula is C17H22N4O3. The fourth-order valence-corrected chi connectivity index (χ4v) is 3.63. The highest BCUT2D eigenvalue weighted by Gasteiger charge is 2.33. The molecule has 2 atom stereocenters. The minimum absolute atomic E-state index is 0.0637. The number of aromatic amines is 1. The maximum atomic E-state index is 12.9. The van der Waals surface area contributed by atoms with Crippen LogP contribution >= 0.6 is 0 Å². The molecule has 2 saturated heterocycles. The number of aromatic nitrogens is 3. The lowest BCUT2D eigenvalue weighted by molar-refractivity contribution is 0.0670. The molecule has 24 heavy (non-hydrogen) atoms. The number of ether oxygens (including phenoxy) is 1. The third kappa shape index (κ3) is 2.84. The predicted molar refractivity (Wildman–Crippen MR) is 85.6 cm³/mol. The summed E-state index contributed by atoms with van der Waals surface area (Å²) in [6.45, 7) is 4.12. The van der Waals surface area contributed by atoms with Crippen LogP contribution < -0.4 is 0 Å². The number of likely N-dealkylation sites (tertiary alicyclic amines) is 1. The highest BCUT2D eigenvalue weighted by molar-refractivity contribution is 5.93. The quantitative estimate of drug-likeness (QED) is 0.935. The van der Waals surface area contributed by atoms with Crippen molar-refractivity contribution in [2.45, 2.75) is 44.6 Å². The highest BCUT2D eigenvalue weighted by atomic mass is 16.5. The molecule has 1 amide bonds. The average molecular weight is 330 g/mol. The summed E-state index contributed by atoms with van der Waals surface area (Å²) >= 11 is 0. The van der Waals surface area contributed by atoms with Gasteiger partial charge in [0.2, 0.25) is 0 Å². The van der Waals surface area contributed by atoms with Crippen LogP contribution in [0, 0.1) is 6.92 Å². The van der Waals surface area contributed by atoms with Gasteiger partial charge in [-0.2, -0.15) is 5.10 Å². The van der Waals surface area contributed by atoms with Gasteiger partial charge in [-0.15, -0.1) is 0 Å². The molecule has 2 aromatic heterocycles. The van der Waals surface area contributed by atoms with Gasteiger partial charge >= 0.3 is 0 Å². The van der Waals surface area contributed by atoms with Crippen molar-refractivity contribution in [3.05, 3.63) is 35.3 Å². The van der Waals surface area contributed by atoms with Crippen molar-refractivity contribution in [2.75, 3.05) is 19.7 Å². The van der Waals surface area contributed by atoms with Gasteiger partial charge in [-0.25, -0.2) is 4.98 Å². The Kier molecular flexibility index (Phi) is 4.10. The Morgan fingerprint density at radius 3 is 3.04 bits per heavy atom. The molecule has 4 rings (SSSR count). The number of carbonyl (C=O) groups excluding carboxylic acids is 1. The fourth-order valence-electron chi connectivity index (χ4n) is 3.63. The van der Waals surface area contributed by atoms with Crippen molar-refractivity contribution >= 4 is 5.91 Å². The minimum atomic E-state index is -0.138. The molecule has 7 nitrogen and oxygen atoms in total. The SMILES string of the molecule is Cc1cc(C2CCCN(C(=O)c3ncoc3C3CCCO3)C2)n[nH]1. The number of oxazole rings is 1. The van der Waals surface area contributed by atoms with E-state index in [1.807, 2.05) is 11.8 Å². The lowest BCUT2D eigenvalue weighted by Crippen LogP contribution is -2.39. The molecule has 0 bridgehead atoms. The van der Waals surface area contributed by atoms with Gasteiger partial charge in [-0.1, -0.05) is 0 Å². The Balaban J connectivity index is 1.51. The van der Waals surface area contributed by atoms with E-state index in [4.69, 9.17) is 9.15 Å². The molecule has 4 heterocycles. The van der Waals surface area contributed by atoms with E-state index in [0.29, 0.717) is 24.6 Å². The van der Waals surface area contributed by atoms with Crippen LogP contribution in [0.2, 0.25) is 0 Å². The van der Waals surface area contributed by atoms with E-state index >= 15 is 0 Å². The van der Waals surface area contributed by atoms with E-state index in [1.54, 1.807) is 0 Å². The maximum absolute atomic E-state index is 12.9. The molecular weight excluding hydrogens is 308 g/mol.